The summed E-state index contributed by atoms with van der Waals surface area (Å²) in [6.45, 7) is 2.18. The van der Waals surface area contributed by atoms with Crippen molar-refractivity contribution >= 4 is 22.8 Å². The summed E-state index contributed by atoms with van der Waals surface area (Å²) in [5.41, 5.74) is 5.25. The molecule has 0 bridgehead atoms. The van der Waals surface area contributed by atoms with Crippen molar-refractivity contribution in [2.45, 2.75) is 13.5 Å². The lowest BCUT2D eigenvalue weighted by molar-refractivity contribution is 0.0952. The summed E-state index contributed by atoms with van der Waals surface area (Å²) in [6, 6.07) is 7.62. The molecule has 5 rings (SSSR count). The number of aryl methyl sites for hydroxylation is 1. The summed E-state index contributed by atoms with van der Waals surface area (Å²) in [6.07, 6.45) is 10.2. The van der Waals surface area contributed by atoms with E-state index in [2.05, 4.69) is 25.3 Å². The molecule has 152 valence electrons. The van der Waals surface area contributed by atoms with Crippen molar-refractivity contribution in [3.63, 3.8) is 0 Å². The van der Waals surface area contributed by atoms with Crippen LogP contribution in [-0.4, -0.2) is 35.2 Å². The lowest BCUT2D eigenvalue weighted by Crippen LogP contribution is -2.23. The van der Waals surface area contributed by atoms with E-state index in [4.69, 9.17) is 4.98 Å². The van der Waals surface area contributed by atoms with Gasteiger partial charge in [0.2, 0.25) is 0 Å². The number of nitrogens with one attached hydrogen (secondary N) is 1. The molecule has 0 aliphatic carbocycles. The predicted octanol–water partition coefficient (Wildman–Crippen LogP) is 3.55. The van der Waals surface area contributed by atoms with Crippen molar-refractivity contribution in [3.8, 4) is 22.1 Å². The van der Waals surface area contributed by atoms with E-state index in [0.29, 0.717) is 17.8 Å². The van der Waals surface area contributed by atoms with E-state index in [-0.39, 0.29) is 5.91 Å². The Kier molecular flexibility index (Phi) is 4.93. The minimum atomic E-state index is -0.179. The first kappa shape index (κ1) is 19.0. The van der Waals surface area contributed by atoms with Crippen molar-refractivity contribution in [2.24, 2.45) is 0 Å². The Morgan fingerprint density at radius 2 is 2.03 bits per heavy atom. The van der Waals surface area contributed by atoms with E-state index in [0.717, 1.165) is 33.3 Å². The van der Waals surface area contributed by atoms with Gasteiger partial charge in [-0.3, -0.25) is 24.7 Å². The number of aromatic nitrogens is 6. The summed E-state index contributed by atoms with van der Waals surface area (Å²) < 4.78 is 1.97. The summed E-state index contributed by atoms with van der Waals surface area (Å²) in [5, 5.41) is 5.67. The first-order chi connectivity index (χ1) is 15.2. The average molecular weight is 427 g/mol. The Labute approximate surface area is 181 Å². The number of carbonyl (C=O) groups excluding carboxylic acids is 1. The normalized spacial score (nSPS) is 11.0. The molecule has 0 radical (unpaired) electrons. The fourth-order valence-electron chi connectivity index (χ4n) is 3.23. The average Bonchev–Trinajstić information content (AvgIpc) is 3.44. The third-order valence-corrected chi connectivity index (χ3v) is 5.60. The number of fused-ring (bicyclic) bond motifs is 1. The van der Waals surface area contributed by atoms with Crippen molar-refractivity contribution in [2.75, 3.05) is 0 Å². The topological polar surface area (TPSA) is 98.0 Å². The van der Waals surface area contributed by atoms with Crippen LogP contribution in [0.1, 0.15) is 21.7 Å². The number of hydrogen-bond donors (Lipinski definition) is 1. The first-order valence-corrected chi connectivity index (χ1v) is 10.4. The van der Waals surface area contributed by atoms with Gasteiger partial charge in [-0.1, -0.05) is 6.07 Å². The SMILES string of the molecule is Cc1cnc(CNC(=O)c2cc(-c3csc(-c4cnccn4)n3)n3ccccc23)cn1. The number of nitrogens with zero attached hydrogens (tertiary/aromatic N) is 6. The molecule has 0 aliphatic heterocycles. The van der Waals surface area contributed by atoms with Crippen LogP contribution in [0.3, 0.4) is 0 Å². The summed E-state index contributed by atoms with van der Waals surface area (Å²) >= 11 is 1.49. The Hall–Kier alpha value is -3.98. The van der Waals surface area contributed by atoms with Gasteiger partial charge in [0, 0.05) is 30.2 Å². The molecule has 0 spiro atoms. The maximum Gasteiger partial charge on any atom is 0.253 e. The van der Waals surface area contributed by atoms with Gasteiger partial charge in [-0.2, -0.15) is 0 Å². The minimum absolute atomic E-state index is 0.179. The van der Waals surface area contributed by atoms with Crippen LogP contribution in [0.4, 0.5) is 0 Å². The molecule has 5 heterocycles. The first-order valence-electron chi connectivity index (χ1n) is 9.57. The van der Waals surface area contributed by atoms with Crippen molar-refractivity contribution in [1.29, 1.82) is 0 Å². The van der Waals surface area contributed by atoms with Crippen LogP contribution in [0.15, 0.2) is 66.8 Å². The number of amides is 1. The van der Waals surface area contributed by atoms with Gasteiger partial charge in [0.05, 0.1) is 52.8 Å². The van der Waals surface area contributed by atoms with Gasteiger partial charge >= 0.3 is 0 Å². The molecule has 1 amide bonds. The van der Waals surface area contributed by atoms with Crippen LogP contribution in [0.2, 0.25) is 0 Å². The molecule has 9 heteroatoms. The second-order valence-corrected chi connectivity index (χ2v) is 7.72. The molecular formula is C22H17N7OS. The molecule has 5 aromatic rings. The highest BCUT2D eigenvalue weighted by molar-refractivity contribution is 7.13. The second-order valence-electron chi connectivity index (χ2n) is 6.86. The van der Waals surface area contributed by atoms with E-state index in [1.807, 2.05) is 47.2 Å². The van der Waals surface area contributed by atoms with Crippen LogP contribution < -0.4 is 5.32 Å². The highest BCUT2D eigenvalue weighted by Gasteiger charge is 2.18. The molecule has 0 saturated heterocycles. The maximum absolute atomic E-state index is 13.0. The zero-order valence-electron chi connectivity index (χ0n) is 16.6. The quantitative estimate of drug-likeness (QED) is 0.461. The number of rotatable bonds is 5. The van der Waals surface area contributed by atoms with Crippen LogP contribution in [0.5, 0.6) is 0 Å². The smallest absolute Gasteiger partial charge is 0.253 e. The lowest BCUT2D eigenvalue weighted by Gasteiger charge is -2.04. The Balaban J connectivity index is 1.46. The maximum atomic E-state index is 13.0. The summed E-state index contributed by atoms with van der Waals surface area (Å²) in [7, 11) is 0. The number of thiazole rings is 1. The molecule has 0 fully saturated rings. The summed E-state index contributed by atoms with van der Waals surface area (Å²) in [5.74, 6) is -0.179. The molecule has 5 aromatic heterocycles. The van der Waals surface area contributed by atoms with E-state index < -0.39 is 0 Å². The monoisotopic (exact) mass is 427 g/mol. The zero-order chi connectivity index (χ0) is 21.2. The fraction of sp³-hybridized carbons (Fsp3) is 0.0909. The van der Waals surface area contributed by atoms with Gasteiger partial charge in [0.25, 0.3) is 5.91 Å². The van der Waals surface area contributed by atoms with E-state index >= 15 is 0 Å². The van der Waals surface area contributed by atoms with Crippen molar-refractivity contribution in [3.05, 3.63) is 83.8 Å². The third kappa shape index (κ3) is 3.78. The number of pyridine rings is 1. The third-order valence-electron chi connectivity index (χ3n) is 4.73. The minimum Gasteiger partial charge on any atom is -0.346 e. The van der Waals surface area contributed by atoms with Gasteiger partial charge in [-0.15, -0.1) is 11.3 Å². The largest absolute Gasteiger partial charge is 0.346 e. The predicted molar refractivity (Wildman–Crippen MR) is 117 cm³/mol. The highest BCUT2D eigenvalue weighted by Crippen LogP contribution is 2.30. The molecule has 0 atom stereocenters. The van der Waals surface area contributed by atoms with Gasteiger partial charge in [0.15, 0.2) is 0 Å². The molecule has 8 nitrogen and oxygen atoms in total. The molecule has 0 aromatic carbocycles. The molecule has 1 N–H and O–H groups in total. The lowest BCUT2D eigenvalue weighted by atomic mass is 10.2. The number of hydrogen-bond acceptors (Lipinski definition) is 7. The van der Waals surface area contributed by atoms with Crippen LogP contribution in [-0.2, 0) is 6.54 Å². The van der Waals surface area contributed by atoms with Gasteiger partial charge in [-0.05, 0) is 25.1 Å². The zero-order valence-corrected chi connectivity index (χ0v) is 17.4. The Bertz CT molecular complexity index is 1360. The summed E-state index contributed by atoms with van der Waals surface area (Å²) in [4.78, 5) is 34.6. The van der Waals surface area contributed by atoms with Crippen molar-refractivity contribution < 1.29 is 4.79 Å². The van der Waals surface area contributed by atoms with Gasteiger partial charge in [-0.25, -0.2) is 4.98 Å². The molecular weight excluding hydrogens is 410 g/mol. The van der Waals surface area contributed by atoms with E-state index in [1.165, 1.54) is 11.3 Å². The Morgan fingerprint density at radius 3 is 2.84 bits per heavy atom. The number of carbonyl (C=O) groups is 1. The van der Waals surface area contributed by atoms with Gasteiger partial charge < -0.3 is 9.72 Å². The highest BCUT2D eigenvalue weighted by atomic mass is 32.1. The second kappa shape index (κ2) is 8.04. The molecule has 31 heavy (non-hydrogen) atoms. The van der Waals surface area contributed by atoms with Gasteiger partial charge in [0.1, 0.15) is 10.7 Å². The Morgan fingerprint density at radius 1 is 1.10 bits per heavy atom. The van der Waals surface area contributed by atoms with E-state index in [1.54, 1.807) is 31.0 Å². The molecule has 0 aliphatic rings. The fourth-order valence-corrected chi connectivity index (χ4v) is 4.00. The van der Waals surface area contributed by atoms with Crippen LogP contribution in [0, 0.1) is 6.92 Å². The van der Waals surface area contributed by atoms with Crippen LogP contribution in [0.25, 0.3) is 27.6 Å². The molecule has 0 saturated carbocycles. The molecule has 0 unspecified atom stereocenters. The van der Waals surface area contributed by atoms with Crippen LogP contribution >= 0.6 is 11.3 Å². The van der Waals surface area contributed by atoms with Crippen molar-refractivity contribution in [1.82, 2.24) is 34.6 Å². The van der Waals surface area contributed by atoms with E-state index in [9.17, 15) is 4.79 Å². The standard InChI is InChI=1S/C22H17N7OS/c1-14-9-26-15(10-25-14)11-27-21(30)16-8-20(29-7-3-2-4-19(16)29)18-13-31-22(28-18)17-12-23-5-6-24-17/h2-10,12-13H,11H2,1H3,(H,27,30).